The minimum atomic E-state index is -1.16. The Balaban J connectivity index is 2.27. The van der Waals surface area contributed by atoms with E-state index >= 15 is 0 Å². The van der Waals surface area contributed by atoms with E-state index in [9.17, 15) is 9.18 Å². The number of alkyl halides is 1. The first-order valence-corrected chi connectivity index (χ1v) is 3.77. The van der Waals surface area contributed by atoms with Gasteiger partial charge in [-0.15, -0.1) is 0 Å². The predicted octanol–water partition coefficient (Wildman–Crippen LogP) is 0.760. The molecule has 0 aromatic rings. The Bertz CT molecular complexity index is 162. The zero-order valence-corrected chi connectivity index (χ0v) is 6.85. The highest BCUT2D eigenvalue weighted by molar-refractivity contribution is 5.75. The fourth-order valence-corrected chi connectivity index (χ4v) is 1.16. The van der Waals surface area contributed by atoms with E-state index in [1.807, 2.05) is 6.92 Å². The second-order valence-electron chi connectivity index (χ2n) is 3.10. The van der Waals surface area contributed by atoms with Crippen molar-refractivity contribution < 1.29 is 9.18 Å². The molecule has 0 bridgehead atoms. The Morgan fingerprint density at radius 2 is 2.27 bits per heavy atom. The highest BCUT2D eigenvalue weighted by atomic mass is 19.1. The number of carbonyl (C=O) groups is 1. The van der Waals surface area contributed by atoms with Crippen molar-refractivity contribution in [3.05, 3.63) is 0 Å². The van der Waals surface area contributed by atoms with Gasteiger partial charge in [0, 0.05) is 6.54 Å². The molecule has 11 heavy (non-hydrogen) atoms. The van der Waals surface area contributed by atoms with Crippen LogP contribution in [0.5, 0.6) is 0 Å². The normalized spacial score (nSPS) is 20.8. The number of hydrogen-bond acceptors (Lipinski definition) is 1. The number of amides is 2. The van der Waals surface area contributed by atoms with Crippen molar-refractivity contribution in [1.29, 1.82) is 0 Å². The van der Waals surface area contributed by atoms with Gasteiger partial charge in [0.05, 0.1) is 13.1 Å². The topological polar surface area (TPSA) is 32.3 Å². The predicted molar refractivity (Wildman–Crippen MR) is 40.2 cm³/mol. The van der Waals surface area contributed by atoms with Crippen LogP contribution in [0.2, 0.25) is 0 Å². The third-order valence-electron chi connectivity index (χ3n) is 1.66. The van der Waals surface area contributed by atoms with Gasteiger partial charge in [0.15, 0.2) is 0 Å². The van der Waals surface area contributed by atoms with E-state index in [2.05, 4.69) is 5.32 Å². The average Bonchev–Trinajstić information content (AvgIpc) is 1.83. The molecule has 0 spiro atoms. The molecule has 4 heteroatoms. The lowest BCUT2D eigenvalue weighted by atomic mass is 10.00. The molecule has 64 valence electrons. The van der Waals surface area contributed by atoms with Gasteiger partial charge in [0.2, 0.25) is 0 Å². The number of likely N-dealkylation sites (tertiary alicyclic amines) is 1. The maximum absolute atomic E-state index is 12.8. The lowest BCUT2D eigenvalue weighted by Crippen LogP contribution is -2.61. The minimum Gasteiger partial charge on any atom is -0.338 e. The molecule has 0 atom stereocenters. The van der Waals surface area contributed by atoms with Crippen molar-refractivity contribution in [2.45, 2.75) is 19.5 Å². The summed E-state index contributed by atoms with van der Waals surface area (Å²) in [6.07, 6.45) is 0. The quantitative estimate of drug-likeness (QED) is 0.603. The molecule has 0 aromatic heterocycles. The number of hydrogen-bond donors (Lipinski definition) is 1. The van der Waals surface area contributed by atoms with Crippen molar-refractivity contribution in [3.8, 4) is 0 Å². The van der Waals surface area contributed by atoms with Crippen LogP contribution in [-0.4, -0.2) is 36.2 Å². The number of rotatable bonds is 1. The van der Waals surface area contributed by atoms with Gasteiger partial charge in [-0.3, -0.25) is 0 Å². The summed E-state index contributed by atoms with van der Waals surface area (Å²) < 4.78 is 12.8. The van der Waals surface area contributed by atoms with Crippen LogP contribution in [-0.2, 0) is 0 Å². The molecule has 2 amide bonds. The van der Waals surface area contributed by atoms with Crippen LogP contribution in [0.25, 0.3) is 0 Å². The van der Waals surface area contributed by atoms with Crippen molar-refractivity contribution >= 4 is 6.03 Å². The number of carbonyl (C=O) groups excluding carboxylic acids is 1. The highest BCUT2D eigenvalue weighted by Gasteiger charge is 2.41. The monoisotopic (exact) mass is 160 g/mol. The van der Waals surface area contributed by atoms with Crippen LogP contribution < -0.4 is 5.32 Å². The van der Waals surface area contributed by atoms with Crippen molar-refractivity contribution in [2.75, 3.05) is 19.6 Å². The maximum Gasteiger partial charge on any atom is 0.317 e. The summed E-state index contributed by atoms with van der Waals surface area (Å²) in [6.45, 7) is 4.38. The van der Waals surface area contributed by atoms with Gasteiger partial charge in [0.1, 0.15) is 5.67 Å². The van der Waals surface area contributed by atoms with Crippen molar-refractivity contribution in [1.82, 2.24) is 10.2 Å². The molecule has 0 radical (unpaired) electrons. The van der Waals surface area contributed by atoms with Crippen molar-refractivity contribution in [2.24, 2.45) is 0 Å². The Labute approximate surface area is 65.6 Å². The molecule has 1 heterocycles. The fraction of sp³-hybridized carbons (Fsp3) is 0.857. The molecule has 1 aliphatic rings. The average molecular weight is 160 g/mol. The van der Waals surface area contributed by atoms with Gasteiger partial charge in [-0.05, 0) is 13.8 Å². The van der Waals surface area contributed by atoms with E-state index in [0.29, 0.717) is 6.54 Å². The van der Waals surface area contributed by atoms with Crippen LogP contribution in [0.1, 0.15) is 13.8 Å². The zero-order chi connectivity index (χ0) is 8.48. The summed E-state index contributed by atoms with van der Waals surface area (Å²) >= 11 is 0. The SMILES string of the molecule is CCNC(=O)N1CC(C)(F)C1. The lowest BCUT2D eigenvalue weighted by Gasteiger charge is -2.41. The maximum atomic E-state index is 12.8. The van der Waals surface area contributed by atoms with E-state index in [4.69, 9.17) is 0 Å². The second-order valence-corrected chi connectivity index (χ2v) is 3.10. The third kappa shape index (κ3) is 1.82. The minimum absolute atomic E-state index is 0.164. The number of nitrogens with one attached hydrogen (secondary N) is 1. The molecule has 0 saturated carbocycles. The van der Waals surface area contributed by atoms with Gasteiger partial charge in [-0.2, -0.15) is 0 Å². The third-order valence-corrected chi connectivity index (χ3v) is 1.66. The molecule has 0 unspecified atom stereocenters. The molecule has 1 aliphatic heterocycles. The first-order chi connectivity index (χ1) is 5.05. The molecule has 1 saturated heterocycles. The van der Waals surface area contributed by atoms with Gasteiger partial charge >= 0.3 is 6.03 Å². The van der Waals surface area contributed by atoms with E-state index in [1.54, 1.807) is 0 Å². The van der Waals surface area contributed by atoms with Gasteiger partial charge in [-0.1, -0.05) is 0 Å². The van der Waals surface area contributed by atoms with Crippen LogP contribution in [0, 0.1) is 0 Å². The van der Waals surface area contributed by atoms with E-state index in [1.165, 1.54) is 11.8 Å². The Hall–Kier alpha value is -0.800. The van der Waals surface area contributed by atoms with E-state index in [-0.39, 0.29) is 19.1 Å². The molecule has 0 aromatic carbocycles. The van der Waals surface area contributed by atoms with Crippen LogP contribution in [0.3, 0.4) is 0 Å². The van der Waals surface area contributed by atoms with Crippen LogP contribution >= 0.6 is 0 Å². The molecule has 1 rings (SSSR count). The van der Waals surface area contributed by atoms with Gasteiger partial charge in [0.25, 0.3) is 0 Å². The lowest BCUT2D eigenvalue weighted by molar-refractivity contribution is 0.0103. The van der Waals surface area contributed by atoms with Gasteiger partial charge < -0.3 is 10.2 Å². The summed E-state index contributed by atoms with van der Waals surface area (Å²) in [7, 11) is 0. The Morgan fingerprint density at radius 3 is 2.64 bits per heavy atom. The molecule has 0 aliphatic carbocycles. The molecular formula is C7H13FN2O. The second kappa shape index (κ2) is 2.68. The van der Waals surface area contributed by atoms with Gasteiger partial charge in [-0.25, -0.2) is 9.18 Å². The van der Waals surface area contributed by atoms with Crippen LogP contribution in [0.4, 0.5) is 9.18 Å². The summed E-state index contributed by atoms with van der Waals surface area (Å²) in [6, 6.07) is -0.164. The first-order valence-electron chi connectivity index (χ1n) is 3.77. The Morgan fingerprint density at radius 1 is 1.73 bits per heavy atom. The zero-order valence-electron chi connectivity index (χ0n) is 6.85. The summed E-state index contributed by atoms with van der Waals surface area (Å²) in [5, 5.41) is 2.61. The standard InChI is InChI=1S/C7H13FN2O/c1-3-9-6(11)10-4-7(2,8)5-10/h3-5H2,1-2H3,(H,9,11). The summed E-state index contributed by atoms with van der Waals surface area (Å²) in [4.78, 5) is 12.4. The molecule has 1 fully saturated rings. The number of halogens is 1. The van der Waals surface area contributed by atoms with Crippen molar-refractivity contribution in [3.63, 3.8) is 0 Å². The number of urea groups is 1. The van der Waals surface area contributed by atoms with E-state index in [0.717, 1.165) is 0 Å². The first kappa shape index (κ1) is 8.30. The highest BCUT2D eigenvalue weighted by Crippen LogP contribution is 2.23. The fourth-order valence-electron chi connectivity index (χ4n) is 1.16. The van der Waals surface area contributed by atoms with E-state index < -0.39 is 5.67 Å². The largest absolute Gasteiger partial charge is 0.338 e. The number of nitrogens with zero attached hydrogens (tertiary/aromatic N) is 1. The summed E-state index contributed by atoms with van der Waals surface area (Å²) in [5.74, 6) is 0. The summed E-state index contributed by atoms with van der Waals surface area (Å²) in [5.41, 5.74) is -1.16. The smallest absolute Gasteiger partial charge is 0.317 e. The molecule has 3 nitrogen and oxygen atoms in total. The molecule has 1 N–H and O–H groups in total. The van der Waals surface area contributed by atoms with Crippen LogP contribution in [0.15, 0.2) is 0 Å². The Kier molecular flexibility index (Phi) is 2.02. The molecular weight excluding hydrogens is 147 g/mol.